The van der Waals surface area contributed by atoms with Crippen LogP contribution in [0.1, 0.15) is 27.3 Å². The first-order valence-electron chi connectivity index (χ1n) is 8.34. The van der Waals surface area contributed by atoms with Crippen LogP contribution in [0.5, 0.6) is 11.5 Å². The molecule has 0 radical (unpaired) electrons. The maximum Gasteiger partial charge on any atom is 0.193 e. The van der Waals surface area contributed by atoms with E-state index in [-0.39, 0.29) is 5.78 Å². The second kappa shape index (κ2) is 6.80. The summed E-state index contributed by atoms with van der Waals surface area (Å²) in [6.45, 7) is 5.11. The topological polar surface area (TPSA) is 53.4 Å². The van der Waals surface area contributed by atoms with Gasteiger partial charge in [0, 0.05) is 28.5 Å². The highest BCUT2D eigenvalue weighted by Crippen LogP contribution is 2.31. The molecule has 5 nitrogen and oxygen atoms in total. The highest BCUT2D eigenvalue weighted by atomic mass is 32.1. The Bertz CT molecular complexity index is 987. The number of carbonyl (C=O) groups excluding carboxylic acids is 1. The highest BCUT2D eigenvalue weighted by Gasteiger charge is 2.14. The van der Waals surface area contributed by atoms with Crippen LogP contribution in [0.3, 0.4) is 0 Å². The van der Waals surface area contributed by atoms with Gasteiger partial charge in [-0.15, -0.1) is 11.3 Å². The fourth-order valence-corrected chi connectivity index (χ4v) is 3.79. The maximum absolute atomic E-state index is 12.5. The minimum Gasteiger partial charge on any atom is -0.486 e. The molecule has 0 fully saturated rings. The molecule has 2 aromatic heterocycles. The summed E-state index contributed by atoms with van der Waals surface area (Å²) < 4.78 is 13.1. The number of hydrogen-bond acceptors (Lipinski definition) is 5. The van der Waals surface area contributed by atoms with Gasteiger partial charge in [-0.25, -0.2) is 4.98 Å². The van der Waals surface area contributed by atoms with Crippen molar-refractivity contribution < 1.29 is 14.3 Å². The SMILES string of the molecule is Cc1cc(/C=C/C(=O)c2ccc3c(c2)OCCO3)c(C)n1-c1nccs1. The summed E-state index contributed by atoms with van der Waals surface area (Å²) in [6, 6.07) is 7.34. The summed E-state index contributed by atoms with van der Waals surface area (Å²) in [5, 5.41) is 2.88. The van der Waals surface area contributed by atoms with Gasteiger partial charge in [0.25, 0.3) is 0 Å². The van der Waals surface area contributed by atoms with Gasteiger partial charge in [-0.05, 0) is 55.8 Å². The number of hydrogen-bond donors (Lipinski definition) is 0. The van der Waals surface area contributed by atoms with Gasteiger partial charge in [0.15, 0.2) is 22.4 Å². The van der Waals surface area contributed by atoms with Crippen molar-refractivity contribution in [2.45, 2.75) is 13.8 Å². The van der Waals surface area contributed by atoms with Crippen LogP contribution in [-0.4, -0.2) is 28.5 Å². The highest BCUT2D eigenvalue weighted by molar-refractivity contribution is 7.12. The molecule has 0 spiro atoms. The lowest BCUT2D eigenvalue weighted by Crippen LogP contribution is -2.15. The van der Waals surface area contributed by atoms with E-state index in [9.17, 15) is 4.79 Å². The Kier molecular flexibility index (Phi) is 4.34. The molecule has 0 atom stereocenters. The number of benzene rings is 1. The molecule has 3 aromatic rings. The van der Waals surface area contributed by atoms with Crippen molar-refractivity contribution in [3.63, 3.8) is 0 Å². The molecule has 1 aliphatic rings. The lowest BCUT2D eigenvalue weighted by molar-refractivity contribution is 0.104. The second-order valence-corrected chi connectivity index (χ2v) is 6.91. The zero-order valence-electron chi connectivity index (χ0n) is 14.6. The summed E-state index contributed by atoms with van der Waals surface area (Å²) >= 11 is 1.59. The predicted octanol–water partition coefficient (Wildman–Crippen LogP) is 4.22. The first-order valence-corrected chi connectivity index (χ1v) is 9.22. The van der Waals surface area contributed by atoms with Crippen molar-refractivity contribution in [3.8, 4) is 16.6 Å². The van der Waals surface area contributed by atoms with Gasteiger partial charge < -0.3 is 9.47 Å². The first-order chi connectivity index (χ1) is 12.6. The Balaban J connectivity index is 1.59. The molecule has 6 heteroatoms. The number of aromatic nitrogens is 2. The minimum absolute atomic E-state index is 0.0685. The van der Waals surface area contributed by atoms with E-state index < -0.39 is 0 Å². The molecule has 1 aliphatic heterocycles. The van der Waals surface area contributed by atoms with Crippen LogP contribution >= 0.6 is 11.3 Å². The Morgan fingerprint density at radius 2 is 2.00 bits per heavy atom. The van der Waals surface area contributed by atoms with Crippen LogP contribution in [0.15, 0.2) is 41.9 Å². The molecule has 0 unspecified atom stereocenters. The van der Waals surface area contributed by atoms with Crippen molar-refractivity contribution in [3.05, 3.63) is 64.4 Å². The van der Waals surface area contributed by atoms with Gasteiger partial charge in [0.1, 0.15) is 13.2 Å². The lowest BCUT2D eigenvalue weighted by atomic mass is 10.1. The van der Waals surface area contributed by atoms with Crippen molar-refractivity contribution in [1.82, 2.24) is 9.55 Å². The first kappa shape index (κ1) is 16.6. The van der Waals surface area contributed by atoms with E-state index in [0.29, 0.717) is 30.3 Å². The maximum atomic E-state index is 12.5. The Labute approximate surface area is 155 Å². The van der Waals surface area contributed by atoms with Crippen molar-refractivity contribution >= 4 is 23.2 Å². The molecule has 4 rings (SSSR count). The second-order valence-electron chi connectivity index (χ2n) is 6.03. The fourth-order valence-electron chi connectivity index (χ4n) is 3.04. The van der Waals surface area contributed by atoms with Crippen LogP contribution in [-0.2, 0) is 0 Å². The molecule has 1 aromatic carbocycles. The fraction of sp³-hybridized carbons (Fsp3) is 0.200. The van der Waals surface area contributed by atoms with E-state index in [1.807, 2.05) is 25.3 Å². The van der Waals surface area contributed by atoms with Gasteiger partial charge in [0.2, 0.25) is 0 Å². The van der Waals surface area contributed by atoms with E-state index in [4.69, 9.17) is 9.47 Å². The standard InChI is InChI=1S/C20H18N2O3S/c1-13-11-15(14(2)22(13)20-21-7-10-26-20)3-5-17(23)16-4-6-18-19(12-16)25-9-8-24-18/h3-7,10-12H,8-9H2,1-2H3/b5-3+. The molecule has 0 saturated carbocycles. The molecule has 0 amide bonds. The zero-order valence-corrected chi connectivity index (χ0v) is 15.4. The average molecular weight is 366 g/mol. The van der Waals surface area contributed by atoms with Crippen LogP contribution in [0.25, 0.3) is 11.2 Å². The van der Waals surface area contributed by atoms with E-state index >= 15 is 0 Å². The molecule has 26 heavy (non-hydrogen) atoms. The largest absolute Gasteiger partial charge is 0.486 e. The minimum atomic E-state index is -0.0685. The normalized spacial score (nSPS) is 13.3. The van der Waals surface area contributed by atoms with Crippen LogP contribution in [0.2, 0.25) is 0 Å². The van der Waals surface area contributed by atoms with E-state index in [1.165, 1.54) is 0 Å². The van der Waals surface area contributed by atoms with Crippen LogP contribution in [0, 0.1) is 13.8 Å². The third-order valence-electron chi connectivity index (χ3n) is 4.32. The molecular weight excluding hydrogens is 348 g/mol. The molecule has 0 aliphatic carbocycles. The monoisotopic (exact) mass is 366 g/mol. The van der Waals surface area contributed by atoms with Gasteiger partial charge in [-0.2, -0.15) is 0 Å². The third-order valence-corrected chi connectivity index (χ3v) is 5.08. The smallest absolute Gasteiger partial charge is 0.193 e. The average Bonchev–Trinajstić information content (AvgIpc) is 3.27. The summed E-state index contributed by atoms with van der Waals surface area (Å²) in [7, 11) is 0. The number of allylic oxidation sites excluding steroid dienone is 1. The zero-order chi connectivity index (χ0) is 18.1. The molecule has 0 bridgehead atoms. The number of ketones is 1. The van der Waals surface area contributed by atoms with Crippen molar-refractivity contribution in [2.75, 3.05) is 13.2 Å². The number of ether oxygens (including phenoxy) is 2. The molecule has 3 heterocycles. The Morgan fingerprint density at radius 1 is 1.19 bits per heavy atom. The number of nitrogens with zero attached hydrogens (tertiary/aromatic N) is 2. The van der Waals surface area contributed by atoms with Gasteiger partial charge >= 0.3 is 0 Å². The van der Waals surface area contributed by atoms with Crippen molar-refractivity contribution in [2.24, 2.45) is 0 Å². The van der Waals surface area contributed by atoms with Gasteiger partial charge in [-0.1, -0.05) is 0 Å². The van der Waals surface area contributed by atoms with E-state index in [2.05, 4.69) is 15.6 Å². The molecule has 0 saturated heterocycles. The quantitative estimate of drug-likeness (QED) is 0.512. The number of carbonyl (C=O) groups is 1. The summed E-state index contributed by atoms with van der Waals surface area (Å²) in [4.78, 5) is 16.9. The summed E-state index contributed by atoms with van der Waals surface area (Å²) in [5.41, 5.74) is 3.73. The summed E-state index contributed by atoms with van der Waals surface area (Å²) in [5.74, 6) is 1.24. The van der Waals surface area contributed by atoms with Gasteiger partial charge in [0.05, 0.1) is 0 Å². The van der Waals surface area contributed by atoms with E-state index in [0.717, 1.165) is 22.1 Å². The van der Waals surface area contributed by atoms with E-state index in [1.54, 1.807) is 41.8 Å². The number of aryl methyl sites for hydroxylation is 1. The predicted molar refractivity (Wildman–Crippen MR) is 102 cm³/mol. The van der Waals surface area contributed by atoms with Crippen molar-refractivity contribution in [1.29, 1.82) is 0 Å². The molecule has 132 valence electrons. The summed E-state index contributed by atoms with van der Waals surface area (Å²) in [6.07, 6.45) is 5.24. The lowest BCUT2D eigenvalue weighted by Gasteiger charge is -2.18. The third kappa shape index (κ3) is 3.04. The molecule has 0 N–H and O–H groups in total. The molecular formula is C20H18N2O3S. The van der Waals surface area contributed by atoms with Gasteiger partial charge in [-0.3, -0.25) is 9.36 Å². The van der Waals surface area contributed by atoms with Crippen LogP contribution < -0.4 is 9.47 Å². The number of fused-ring (bicyclic) bond motifs is 1. The van der Waals surface area contributed by atoms with Crippen LogP contribution in [0.4, 0.5) is 0 Å². The number of rotatable bonds is 4. The number of thiazole rings is 1. The Hall–Kier alpha value is -2.86. The Morgan fingerprint density at radius 3 is 2.77 bits per heavy atom.